The summed E-state index contributed by atoms with van der Waals surface area (Å²) in [6.07, 6.45) is 2.69. The molecule has 0 spiro atoms. The molecule has 1 aliphatic heterocycles. The van der Waals surface area contributed by atoms with E-state index in [2.05, 4.69) is 4.98 Å². The summed E-state index contributed by atoms with van der Waals surface area (Å²) in [5.74, 6) is -0.0924. The molecule has 1 amide bonds. The number of para-hydroxylation sites is 1. The van der Waals surface area contributed by atoms with E-state index in [0.717, 1.165) is 36.8 Å². The summed E-state index contributed by atoms with van der Waals surface area (Å²) < 4.78 is 0. The first kappa shape index (κ1) is 12.7. The molecule has 0 radical (unpaired) electrons. The van der Waals surface area contributed by atoms with Crippen molar-refractivity contribution >= 4 is 22.5 Å². The lowest BCUT2D eigenvalue weighted by Crippen LogP contribution is -2.30. The van der Waals surface area contributed by atoms with Crippen molar-refractivity contribution in [1.82, 2.24) is 9.88 Å². The Kier molecular flexibility index (Phi) is 2.93. The van der Waals surface area contributed by atoms with E-state index in [1.165, 1.54) is 6.07 Å². The van der Waals surface area contributed by atoms with Crippen LogP contribution in [0.1, 0.15) is 28.9 Å². The fourth-order valence-electron chi connectivity index (χ4n) is 2.80. The summed E-state index contributed by atoms with van der Waals surface area (Å²) in [6.45, 7) is 0.718. The number of rotatable bonds is 1. The Bertz CT molecular complexity index is 705. The van der Waals surface area contributed by atoms with Crippen molar-refractivity contribution in [2.24, 2.45) is 0 Å². The quantitative estimate of drug-likeness (QED) is 0.640. The van der Waals surface area contributed by atoms with Crippen molar-refractivity contribution in [3.8, 4) is 0 Å². The van der Waals surface area contributed by atoms with Gasteiger partial charge in [0.15, 0.2) is 0 Å². The lowest BCUT2D eigenvalue weighted by molar-refractivity contribution is -0.383. The van der Waals surface area contributed by atoms with Gasteiger partial charge in [-0.2, -0.15) is 0 Å². The zero-order valence-corrected chi connectivity index (χ0v) is 11.2. The maximum absolute atomic E-state index is 12.4. The summed E-state index contributed by atoms with van der Waals surface area (Å²) in [5.41, 5.74) is 1.87. The van der Waals surface area contributed by atoms with Crippen molar-refractivity contribution in [3.05, 3.63) is 39.6 Å². The number of nitro groups is 1. The van der Waals surface area contributed by atoms with Crippen molar-refractivity contribution in [2.45, 2.75) is 19.3 Å². The van der Waals surface area contributed by atoms with Crippen LogP contribution in [-0.2, 0) is 6.42 Å². The Morgan fingerprint density at radius 1 is 1.35 bits per heavy atom. The minimum Gasteiger partial charge on any atom is -0.345 e. The normalized spacial score (nSPS) is 15.8. The highest BCUT2D eigenvalue weighted by molar-refractivity contribution is 6.03. The summed E-state index contributed by atoms with van der Waals surface area (Å²) >= 11 is 0. The second-order valence-corrected chi connectivity index (χ2v) is 5.12. The lowest BCUT2D eigenvalue weighted by atomic mass is 10.0. The third kappa shape index (κ3) is 1.84. The molecule has 0 atom stereocenters. The van der Waals surface area contributed by atoms with Crippen molar-refractivity contribution in [2.75, 3.05) is 13.6 Å². The van der Waals surface area contributed by atoms with Crippen molar-refractivity contribution < 1.29 is 9.72 Å². The first-order valence-electron chi connectivity index (χ1n) is 6.63. The minimum atomic E-state index is -0.416. The molecule has 2 heterocycles. The summed E-state index contributed by atoms with van der Waals surface area (Å²) in [7, 11) is 1.76. The van der Waals surface area contributed by atoms with Crippen LogP contribution in [0.3, 0.4) is 0 Å². The average Bonchev–Trinajstić information content (AvgIpc) is 2.79. The van der Waals surface area contributed by atoms with Crippen LogP contribution in [0.2, 0.25) is 0 Å². The number of nitrogens with zero attached hydrogens (tertiary/aromatic N) is 2. The first-order valence-corrected chi connectivity index (χ1v) is 6.63. The number of nitrogens with one attached hydrogen (secondary N) is 1. The number of hydrogen-bond acceptors (Lipinski definition) is 3. The number of carbonyl (C=O) groups excluding carboxylic acids is 1. The number of amides is 1. The second kappa shape index (κ2) is 4.63. The third-order valence-corrected chi connectivity index (χ3v) is 3.85. The van der Waals surface area contributed by atoms with E-state index in [4.69, 9.17) is 0 Å². The fraction of sp³-hybridized carbons (Fsp3) is 0.357. The largest absolute Gasteiger partial charge is 0.345 e. The van der Waals surface area contributed by atoms with Gasteiger partial charge < -0.3 is 9.88 Å². The molecule has 1 aliphatic rings. The molecule has 0 saturated heterocycles. The molecule has 3 rings (SSSR count). The van der Waals surface area contributed by atoms with E-state index in [1.807, 2.05) is 6.07 Å². The zero-order chi connectivity index (χ0) is 14.3. The molecule has 0 fully saturated rings. The molecule has 0 unspecified atom stereocenters. The van der Waals surface area contributed by atoms with E-state index in [9.17, 15) is 14.9 Å². The van der Waals surface area contributed by atoms with E-state index >= 15 is 0 Å². The Balaban J connectivity index is 2.28. The van der Waals surface area contributed by atoms with Gasteiger partial charge in [0.25, 0.3) is 11.6 Å². The van der Waals surface area contributed by atoms with Gasteiger partial charge in [-0.3, -0.25) is 14.9 Å². The Hall–Kier alpha value is -2.37. The number of aromatic amines is 1. The molecular weight excluding hydrogens is 258 g/mol. The minimum absolute atomic E-state index is 0.0182. The number of H-pyrrole nitrogens is 1. The summed E-state index contributed by atoms with van der Waals surface area (Å²) in [6, 6.07) is 4.97. The molecule has 0 bridgehead atoms. The highest BCUT2D eigenvalue weighted by Crippen LogP contribution is 2.32. The van der Waals surface area contributed by atoms with Gasteiger partial charge in [0.2, 0.25) is 0 Å². The molecule has 104 valence electrons. The van der Waals surface area contributed by atoms with Crippen LogP contribution in [0, 0.1) is 10.1 Å². The summed E-state index contributed by atoms with van der Waals surface area (Å²) in [4.78, 5) is 27.7. The topological polar surface area (TPSA) is 79.2 Å². The molecule has 6 heteroatoms. The Morgan fingerprint density at radius 3 is 2.90 bits per heavy atom. The molecule has 1 aromatic carbocycles. The number of non-ortho nitro benzene ring substituents is 1. The van der Waals surface area contributed by atoms with E-state index in [0.29, 0.717) is 11.2 Å². The Labute approximate surface area is 115 Å². The standard InChI is InChI=1S/C14H15N3O3/c1-16-8-3-2-5-10-9-6-4-7-11(17(19)20)12(9)15-13(10)14(16)18/h4,6-7,15H,2-3,5,8H2,1H3. The molecule has 20 heavy (non-hydrogen) atoms. The van der Waals surface area contributed by atoms with Gasteiger partial charge in [-0.05, 0) is 24.8 Å². The van der Waals surface area contributed by atoms with Gasteiger partial charge in [-0.1, -0.05) is 12.1 Å². The average molecular weight is 273 g/mol. The molecule has 0 saturated carbocycles. The molecule has 6 nitrogen and oxygen atoms in total. The second-order valence-electron chi connectivity index (χ2n) is 5.12. The molecule has 1 N–H and O–H groups in total. The highest BCUT2D eigenvalue weighted by Gasteiger charge is 2.25. The molecule has 2 aromatic rings. The predicted octanol–water partition coefficient (Wildman–Crippen LogP) is 2.48. The number of hydrogen-bond donors (Lipinski definition) is 1. The molecular formula is C14H15N3O3. The van der Waals surface area contributed by atoms with Crippen LogP contribution in [0.4, 0.5) is 5.69 Å². The first-order chi connectivity index (χ1) is 9.59. The smallest absolute Gasteiger partial charge is 0.293 e. The van der Waals surface area contributed by atoms with Gasteiger partial charge in [-0.15, -0.1) is 0 Å². The zero-order valence-electron chi connectivity index (χ0n) is 11.2. The number of aryl methyl sites for hydroxylation is 1. The van der Waals surface area contributed by atoms with Crippen LogP contribution >= 0.6 is 0 Å². The monoisotopic (exact) mass is 273 g/mol. The lowest BCUT2D eigenvalue weighted by Gasteiger charge is -2.19. The van der Waals surface area contributed by atoms with Crippen molar-refractivity contribution in [3.63, 3.8) is 0 Å². The van der Waals surface area contributed by atoms with Crippen LogP contribution in [-0.4, -0.2) is 34.3 Å². The number of nitro benzene ring substituents is 1. The van der Waals surface area contributed by atoms with Crippen molar-refractivity contribution in [1.29, 1.82) is 0 Å². The summed E-state index contributed by atoms with van der Waals surface area (Å²) in [5, 5.41) is 11.9. The maximum Gasteiger partial charge on any atom is 0.293 e. The highest BCUT2D eigenvalue weighted by atomic mass is 16.6. The number of carbonyl (C=O) groups is 1. The SMILES string of the molecule is CN1CCCCc2c([nH]c3c([N+](=O)[O-])cccc23)C1=O. The van der Waals surface area contributed by atoms with Crippen LogP contribution in [0.5, 0.6) is 0 Å². The van der Waals surface area contributed by atoms with Gasteiger partial charge in [0.1, 0.15) is 11.2 Å². The molecule has 0 aliphatic carbocycles. The number of benzene rings is 1. The number of fused-ring (bicyclic) bond motifs is 3. The number of aromatic nitrogens is 1. The molecule has 1 aromatic heterocycles. The van der Waals surface area contributed by atoms with Crippen LogP contribution in [0.15, 0.2) is 18.2 Å². The van der Waals surface area contributed by atoms with Gasteiger partial charge >= 0.3 is 0 Å². The van der Waals surface area contributed by atoms with E-state index in [-0.39, 0.29) is 11.6 Å². The van der Waals surface area contributed by atoms with E-state index in [1.54, 1.807) is 18.0 Å². The van der Waals surface area contributed by atoms with Gasteiger partial charge in [-0.25, -0.2) is 0 Å². The van der Waals surface area contributed by atoms with Gasteiger partial charge in [0, 0.05) is 25.0 Å². The third-order valence-electron chi connectivity index (χ3n) is 3.85. The predicted molar refractivity (Wildman–Crippen MR) is 74.9 cm³/mol. The Morgan fingerprint density at radius 2 is 2.15 bits per heavy atom. The van der Waals surface area contributed by atoms with Crippen LogP contribution in [0.25, 0.3) is 10.9 Å². The maximum atomic E-state index is 12.4. The van der Waals surface area contributed by atoms with Crippen LogP contribution < -0.4 is 0 Å². The van der Waals surface area contributed by atoms with Gasteiger partial charge in [0.05, 0.1) is 4.92 Å². The van der Waals surface area contributed by atoms with E-state index < -0.39 is 4.92 Å². The fourth-order valence-corrected chi connectivity index (χ4v) is 2.80.